The van der Waals surface area contributed by atoms with Crippen LogP contribution in [0, 0.1) is 17.2 Å². The Morgan fingerprint density at radius 1 is 1.40 bits per heavy atom. The van der Waals surface area contributed by atoms with E-state index in [4.69, 9.17) is 11.0 Å². The van der Waals surface area contributed by atoms with Crippen molar-refractivity contribution < 1.29 is 0 Å². The molecule has 0 radical (unpaired) electrons. The Morgan fingerprint density at radius 3 is 2.60 bits per heavy atom. The molecule has 0 unspecified atom stereocenters. The first-order chi connectivity index (χ1) is 7.35. The van der Waals surface area contributed by atoms with Gasteiger partial charge in [0, 0.05) is 13.1 Å². The summed E-state index contributed by atoms with van der Waals surface area (Å²) in [5, 5.41) is 9.15. The summed E-state index contributed by atoms with van der Waals surface area (Å²) in [6, 6.07) is 12.2. The van der Waals surface area contributed by atoms with Gasteiger partial charge in [-0.15, -0.1) is 0 Å². The molecule has 1 aliphatic rings. The Kier molecular flexibility index (Phi) is 3.00. The molecule has 1 aromatic carbocycles. The average molecular weight is 201 g/mol. The molecule has 0 aromatic heterocycles. The van der Waals surface area contributed by atoms with Crippen molar-refractivity contribution in [1.82, 2.24) is 4.90 Å². The quantitative estimate of drug-likeness (QED) is 0.798. The number of hydrogen-bond donors (Lipinski definition) is 1. The SMILES string of the molecule is N#C[C@@H](c1ccccc1)N1CC(CN)C1. The minimum Gasteiger partial charge on any atom is -0.330 e. The fraction of sp³-hybridized carbons (Fsp3) is 0.417. The van der Waals surface area contributed by atoms with E-state index in [1.54, 1.807) is 0 Å². The van der Waals surface area contributed by atoms with Crippen LogP contribution in [0.4, 0.5) is 0 Å². The molecule has 0 aliphatic carbocycles. The summed E-state index contributed by atoms with van der Waals surface area (Å²) in [7, 11) is 0. The Labute approximate surface area is 90.1 Å². The highest BCUT2D eigenvalue weighted by Crippen LogP contribution is 2.27. The third kappa shape index (κ3) is 2.01. The molecule has 1 saturated heterocycles. The third-order valence-electron chi connectivity index (χ3n) is 2.92. The molecule has 78 valence electrons. The molecule has 3 heteroatoms. The predicted octanol–water partition coefficient (Wildman–Crippen LogP) is 1.14. The molecule has 3 nitrogen and oxygen atoms in total. The molecule has 0 amide bonds. The Hall–Kier alpha value is -1.37. The van der Waals surface area contributed by atoms with Crippen LogP contribution in [-0.4, -0.2) is 24.5 Å². The van der Waals surface area contributed by atoms with E-state index in [9.17, 15) is 0 Å². The minimum atomic E-state index is -0.103. The molecule has 1 heterocycles. The Bertz CT molecular complexity index is 349. The van der Waals surface area contributed by atoms with E-state index in [1.165, 1.54) is 0 Å². The zero-order valence-corrected chi connectivity index (χ0v) is 8.63. The number of benzene rings is 1. The molecule has 2 N–H and O–H groups in total. The van der Waals surface area contributed by atoms with Crippen molar-refractivity contribution in [3.63, 3.8) is 0 Å². The van der Waals surface area contributed by atoms with Crippen molar-refractivity contribution in [3.8, 4) is 6.07 Å². The summed E-state index contributed by atoms with van der Waals surface area (Å²) in [5.41, 5.74) is 6.65. The largest absolute Gasteiger partial charge is 0.330 e. The van der Waals surface area contributed by atoms with Crippen LogP contribution < -0.4 is 5.73 Å². The zero-order chi connectivity index (χ0) is 10.7. The number of nitrogens with two attached hydrogens (primary N) is 1. The first-order valence-corrected chi connectivity index (χ1v) is 5.24. The molecule has 0 bridgehead atoms. The van der Waals surface area contributed by atoms with Gasteiger partial charge in [-0.2, -0.15) is 5.26 Å². The summed E-state index contributed by atoms with van der Waals surface area (Å²) >= 11 is 0. The summed E-state index contributed by atoms with van der Waals surface area (Å²) in [6.45, 7) is 2.62. The smallest absolute Gasteiger partial charge is 0.123 e. The van der Waals surface area contributed by atoms with E-state index >= 15 is 0 Å². The van der Waals surface area contributed by atoms with Crippen LogP contribution in [0.15, 0.2) is 30.3 Å². The second kappa shape index (κ2) is 4.43. The van der Waals surface area contributed by atoms with E-state index in [1.807, 2.05) is 30.3 Å². The average Bonchev–Trinajstić information content (AvgIpc) is 2.24. The number of rotatable bonds is 3. The molecule has 2 rings (SSSR count). The Balaban J connectivity index is 2.04. The topological polar surface area (TPSA) is 53.0 Å². The molecule has 1 aliphatic heterocycles. The van der Waals surface area contributed by atoms with Crippen molar-refractivity contribution in [3.05, 3.63) is 35.9 Å². The number of nitrogens with zero attached hydrogens (tertiary/aromatic N) is 2. The normalized spacial score (nSPS) is 19.2. The fourth-order valence-corrected chi connectivity index (χ4v) is 1.97. The molecular formula is C12H15N3. The second-order valence-electron chi connectivity index (χ2n) is 4.00. The lowest BCUT2D eigenvalue weighted by Gasteiger charge is -2.41. The summed E-state index contributed by atoms with van der Waals surface area (Å²) in [6.07, 6.45) is 0. The van der Waals surface area contributed by atoms with Gasteiger partial charge in [-0.1, -0.05) is 30.3 Å². The van der Waals surface area contributed by atoms with Crippen LogP contribution in [0.2, 0.25) is 0 Å². The first-order valence-electron chi connectivity index (χ1n) is 5.24. The summed E-state index contributed by atoms with van der Waals surface area (Å²) < 4.78 is 0. The highest BCUT2D eigenvalue weighted by molar-refractivity contribution is 5.24. The lowest BCUT2D eigenvalue weighted by Crippen LogP contribution is -2.50. The van der Waals surface area contributed by atoms with Gasteiger partial charge in [-0.25, -0.2) is 0 Å². The standard InChI is InChI=1S/C12H15N3/c13-6-10-8-15(9-10)12(7-14)11-4-2-1-3-5-11/h1-5,10,12H,6,8-9,13H2/t12-/m0/s1. The minimum absolute atomic E-state index is 0.103. The van der Waals surface area contributed by atoms with Gasteiger partial charge >= 0.3 is 0 Å². The van der Waals surface area contributed by atoms with Crippen LogP contribution >= 0.6 is 0 Å². The van der Waals surface area contributed by atoms with Crippen molar-refractivity contribution in [1.29, 1.82) is 5.26 Å². The maximum atomic E-state index is 9.15. The van der Waals surface area contributed by atoms with Gasteiger partial charge in [0.1, 0.15) is 6.04 Å². The van der Waals surface area contributed by atoms with E-state index < -0.39 is 0 Å². The molecule has 15 heavy (non-hydrogen) atoms. The molecule has 1 aromatic rings. The Morgan fingerprint density at radius 2 is 2.07 bits per heavy atom. The predicted molar refractivity (Wildman–Crippen MR) is 58.9 cm³/mol. The maximum absolute atomic E-state index is 9.15. The monoisotopic (exact) mass is 201 g/mol. The van der Waals surface area contributed by atoms with E-state index in [-0.39, 0.29) is 6.04 Å². The highest BCUT2D eigenvalue weighted by Gasteiger charge is 2.31. The zero-order valence-electron chi connectivity index (χ0n) is 8.63. The van der Waals surface area contributed by atoms with Crippen molar-refractivity contribution in [2.24, 2.45) is 11.7 Å². The number of nitriles is 1. The molecule has 0 spiro atoms. The van der Waals surface area contributed by atoms with Gasteiger partial charge < -0.3 is 5.73 Å². The lowest BCUT2D eigenvalue weighted by molar-refractivity contribution is 0.0799. The van der Waals surface area contributed by atoms with Gasteiger partial charge in [0.2, 0.25) is 0 Å². The highest BCUT2D eigenvalue weighted by atomic mass is 15.2. The van der Waals surface area contributed by atoms with Crippen molar-refractivity contribution in [2.75, 3.05) is 19.6 Å². The maximum Gasteiger partial charge on any atom is 0.123 e. The van der Waals surface area contributed by atoms with Crippen LogP contribution in [0.5, 0.6) is 0 Å². The first kappa shape index (κ1) is 10.2. The van der Waals surface area contributed by atoms with Crippen LogP contribution in [0.25, 0.3) is 0 Å². The number of hydrogen-bond acceptors (Lipinski definition) is 3. The molecular weight excluding hydrogens is 186 g/mol. The summed E-state index contributed by atoms with van der Waals surface area (Å²) in [4.78, 5) is 2.17. The van der Waals surface area contributed by atoms with Crippen LogP contribution in [0.1, 0.15) is 11.6 Å². The van der Waals surface area contributed by atoms with Crippen LogP contribution in [-0.2, 0) is 0 Å². The fourth-order valence-electron chi connectivity index (χ4n) is 1.97. The van der Waals surface area contributed by atoms with E-state index in [2.05, 4.69) is 11.0 Å². The van der Waals surface area contributed by atoms with Gasteiger partial charge in [-0.05, 0) is 18.0 Å². The molecule has 1 atom stereocenters. The van der Waals surface area contributed by atoms with E-state index in [0.29, 0.717) is 5.92 Å². The van der Waals surface area contributed by atoms with Gasteiger partial charge in [0.25, 0.3) is 0 Å². The third-order valence-corrected chi connectivity index (χ3v) is 2.92. The number of likely N-dealkylation sites (tertiary alicyclic amines) is 1. The van der Waals surface area contributed by atoms with E-state index in [0.717, 1.165) is 25.2 Å². The summed E-state index contributed by atoms with van der Waals surface area (Å²) in [5.74, 6) is 0.574. The van der Waals surface area contributed by atoms with Crippen molar-refractivity contribution in [2.45, 2.75) is 6.04 Å². The van der Waals surface area contributed by atoms with Gasteiger partial charge in [-0.3, -0.25) is 4.90 Å². The van der Waals surface area contributed by atoms with Gasteiger partial charge in [0.05, 0.1) is 6.07 Å². The van der Waals surface area contributed by atoms with Crippen molar-refractivity contribution >= 4 is 0 Å². The van der Waals surface area contributed by atoms with Crippen LogP contribution in [0.3, 0.4) is 0 Å². The lowest BCUT2D eigenvalue weighted by atomic mass is 9.95. The molecule has 1 fully saturated rings. The second-order valence-corrected chi connectivity index (χ2v) is 4.00. The molecule has 0 saturated carbocycles. The van der Waals surface area contributed by atoms with Gasteiger partial charge in [0.15, 0.2) is 0 Å².